The average Bonchev–Trinajstić information content (AvgIpc) is 3.09. The van der Waals surface area contributed by atoms with Gasteiger partial charge in [-0.15, -0.1) is 5.10 Å². The zero-order chi connectivity index (χ0) is 12.8. The fourth-order valence-electron chi connectivity index (χ4n) is 3.04. The van der Waals surface area contributed by atoms with E-state index in [9.17, 15) is 4.79 Å². The maximum absolute atomic E-state index is 12.0. The minimum atomic E-state index is 0.151. The number of nitrogens with zero attached hydrogens (tertiary/aromatic N) is 3. The predicted octanol–water partition coefficient (Wildman–Crippen LogP) is 2.63. The molecule has 19 heavy (non-hydrogen) atoms. The third kappa shape index (κ3) is 1.86. The highest BCUT2D eigenvalue weighted by molar-refractivity contribution is 5.95. The van der Waals surface area contributed by atoms with Crippen molar-refractivity contribution in [3.8, 4) is 0 Å². The smallest absolute Gasteiger partial charge is 0.217 e. The Morgan fingerprint density at radius 1 is 1.26 bits per heavy atom. The standard InChI is InChI=1S/C15H17N3O/c19-14(11-6-7-11)15-16-13-9-8-12(18(13)17-15)10-4-2-1-3-5-10/h1-2,4,11-12H,3,5-9H2/t12-/m0/s1. The number of ketones is 1. The molecule has 1 aliphatic heterocycles. The number of carbonyl (C=O) groups is 1. The van der Waals surface area contributed by atoms with Gasteiger partial charge in [-0.2, -0.15) is 0 Å². The van der Waals surface area contributed by atoms with Crippen molar-refractivity contribution < 1.29 is 4.79 Å². The third-order valence-corrected chi connectivity index (χ3v) is 4.28. The van der Waals surface area contributed by atoms with Crippen LogP contribution in [0.25, 0.3) is 0 Å². The minimum absolute atomic E-state index is 0.151. The molecule has 0 N–H and O–H groups in total. The highest BCUT2D eigenvalue weighted by Crippen LogP contribution is 2.36. The van der Waals surface area contributed by atoms with Gasteiger partial charge in [-0.25, -0.2) is 9.67 Å². The largest absolute Gasteiger partial charge is 0.290 e. The fraction of sp³-hybridized carbons (Fsp3) is 0.533. The first-order valence-electron chi connectivity index (χ1n) is 7.18. The summed E-state index contributed by atoms with van der Waals surface area (Å²) in [6, 6.07) is 0.327. The molecule has 0 spiro atoms. The number of aromatic nitrogens is 3. The van der Waals surface area contributed by atoms with E-state index in [-0.39, 0.29) is 11.7 Å². The molecule has 1 atom stereocenters. The van der Waals surface area contributed by atoms with Gasteiger partial charge in [0.15, 0.2) is 0 Å². The molecule has 2 aliphatic carbocycles. The van der Waals surface area contributed by atoms with Gasteiger partial charge in [-0.1, -0.05) is 18.2 Å². The molecule has 0 bridgehead atoms. The minimum Gasteiger partial charge on any atom is -0.290 e. The molecule has 1 aromatic rings. The quantitative estimate of drug-likeness (QED) is 0.780. The van der Waals surface area contributed by atoms with E-state index in [0.29, 0.717) is 11.9 Å². The molecule has 0 unspecified atom stereocenters. The lowest BCUT2D eigenvalue weighted by Crippen LogP contribution is -2.12. The topological polar surface area (TPSA) is 47.8 Å². The predicted molar refractivity (Wildman–Crippen MR) is 70.9 cm³/mol. The molecular weight excluding hydrogens is 238 g/mol. The van der Waals surface area contributed by atoms with Gasteiger partial charge in [0.1, 0.15) is 5.82 Å². The lowest BCUT2D eigenvalue weighted by molar-refractivity contribution is 0.0957. The second-order valence-corrected chi connectivity index (χ2v) is 5.70. The van der Waals surface area contributed by atoms with Gasteiger partial charge in [-0.05, 0) is 37.7 Å². The highest BCUT2D eigenvalue weighted by atomic mass is 16.1. The van der Waals surface area contributed by atoms with Crippen LogP contribution in [0.4, 0.5) is 0 Å². The summed E-state index contributed by atoms with van der Waals surface area (Å²) in [6.45, 7) is 0. The first-order valence-corrected chi connectivity index (χ1v) is 7.18. The van der Waals surface area contributed by atoms with Gasteiger partial charge in [0, 0.05) is 12.3 Å². The first kappa shape index (κ1) is 11.1. The first-order chi connectivity index (χ1) is 9.33. The molecule has 0 radical (unpaired) electrons. The number of Topliss-reactive ketones (excluding diaryl/α,β-unsaturated/α-hetero) is 1. The summed E-state index contributed by atoms with van der Waals surface area (Å²) in [7, 11) is 0. The Kier molecular flexibility index (Phi) is 2.43. The summed E-state index contributed by atoms with van der Waals surface area (Å²) in [4.78, 5) is 16.5. The zero-order valence-electron chi connectivity index (χ0n) is 10.9. The van der Waals surface area contributed by atoms with Crippen LogP contribution < -0.4 is 0 Å². The molecule has 0 saturated heterocycles. The SMILES string of the molecule is O=C(c1nc2n(n1)[C@H](C1=CC=CCC1)CC2)C1CC1. The number of hydrogen-bond donors (Lipinski definition) is 0. The molecule has 0 amide bonds. The van der Waals surface area contributed by atoms with E-state index in [1.165, 1.54) is 5.57 Å². The van der Waals surface area contributed by atoms with Crippen LogP contribution in [0.5, 0.6) is 0 Å². The second-order valence-electron chi connectivity index (χ2n) is 5.70. The van der Waals surface area contributed by atoms with Gasteiger partial charge < -0.3 is 0 Å². The Bertz CT molecular complexity index is 593. The fourth-order valence-corrected chi connectivity index (χ4v) is 3.04. The van der Waals surface area contributed by atoms with Crippen LogP contribution in [0.3, 0.4) is 0 Å². The van der Waals surface area contributed by atoms with Crippen molar-refractivity contribution in [2.24, 2.45) is 5.92 Å². The number of carbonyl (C=O) groups excluding carboxylic acids is 1. The van der Waals surface area contributed by atoms with Gasteiger partial charge in [0.05, 0.1) is 6.04 Å². The van der Waals surface area contributed by atoms with E-state index < -0.39 is 0 Å². The molecule has 2 heterocycles. The Morgan fingerprint density at radius 3 is 2.89 bits per heavy atom. The molecule has 4 nitrogen and oxygen atoms in total. The monoisotopic (exact) mass is 255 g/mol. The van der Waals surface area contributed by atoms with Crippen LogP contribution in [-0.2, 0) is 6.42 Å². The van der Waals surface area contributed by atoms with Crippen molar-refractivity contribution in [2.75, 3.05) is 0 Å². The van der Waals surface area contributed by atoms with Crippen LogP contribution in [0, 0.1) is 5.92 Å². The molecule has 0 aromatic carbocycles. The number of aryl methyl sites for hydroxylation is 1. The van der Waals surface area contributed by atoms with Crippen LogP contribution in [0.2, 0.25) is 0 Å². The Labute approximate surface area is 112 Å². The van der Waals surface area contributed by atoms with Crippen LogP contribution >= 0.6 is 0 Å². The summed E-state index contributed by atoms with van der Waals surface area (Å²) in [5, 5.41) is 4.50. The molecule has 98 valence electrons. The van der Waals surface area contributed by atoms with Gasteiger partial charge >= 0.3 is 0 Å². The maximum atomic E-state index is 12.0. The molecule has 4 heteroatoms. The lowest BCUT2D eigenvalue weighted by Gasteiger charge is -2.17. The van der Waals surface area contributed by atoms with E-state index >= 15 is 0 Å². The normalized spacial score (nSPS) is 25.3. The van der Waals surface area contributed by atoms with Gasteiger partial charge in [-0.3, -0.25) is 4.79 Å². The van der Waals surface area contributed by atoms with E-state index in [0.717, 1.165) is 44.3 Å². The summed E-state index contributed by atoms with van der Waals surface area (Å²) in [6.07, 6.45) is 12.8. The summed E-state index contributed by atoms with van der Waals surface area (Å²) >= 11 is 0. The zero-order valence-corrected chi connectivity index (χ0v) is 10.9. The van der Waals surface area contributed by atoms with Crippen molar-refractivity contribution in [1.82, 2.24) is 14.8 Å². The van der Waals surface area contributed by atoms with Crippen molar-refractivity contribution in [3.63, 3.8) is 0 Å². The molecule has 3 aliphatic rings. The van der Waals surface area contributed by atoms with Gasteiger partial charge in [0.2, 0.25) is 11.6 Å². The average molecular weight is 255 g/mol. The second kappa shape index (κ2) is 4.15. The van der Waals surface area contributed by atoms with E-state index in [1.807, 2.05) is 4.68 Å². The Hall–Kier alpha value is -1.71. The van der Waals surface area contributed by atoms with Crippen molar-refractivity contribution in [1.29, 1.82) is 0 Å². The molecule has 4 rings (SSSR count). The van der Waals surface area contributed by atoms with E-state index in [1.54, 1.807) is 0 Å². The Morgan fingerprint density at radius 2 is 2.16 bits per heavy atom. The van der Waals surface area contributed by atoms with Crippen LogP contribution in [-0.4, -0.2) is 20.5 Å². The highest BCUT2D eigenvalue weighted by Gasteiger charge is 2.35. The molecule has 1 fully saturated rings. The van der Waals surface area contributed by atoms with Crippen molar-refractivity contribution >= 4 is 5.78 Å². The molecular formula is C15H17N3O. The summed E-state index contributed by atoms with van der Waals surface area (Å²) < 4.78 is 2.00. The number of allylic oxidation sites excluding steroid dienone is 4. The van der Waals surface area contributed by atoms with Crippen LogP contribution in [0.1, 0.15) is 54.6 Å². The maximum Gasteiger partial charge on any atom is 0.217 e. The molecule has 1 aromatic heterocycles. The summed E-state index contributed by atoms with van der Waals surface area (Å²) in [5.74, 6) is 1.80. The van der Waals surface area contributed by atoms with E-state index in [2.05, 4.69) is 28.3 Å². The molecule has 1 saturated carbocycles. The number of fused-ring (bicyclic) bond motifs is 1. The number of rotatable bonds is 3. The number of hydrogen-bond acceptors (Lipinski definition) is 3. The third-order valence-electron chi connectivity index (χ3n) is 4.28. The lowest BCUT2D eigenvalue weighted by atomic mass is 9.96. The van der Waals surface area contributed by atoms with E-state index in [4.69, 9.17) is 0 Å². The van der Waals surface area contributed by atoms with Crippen molar-refractivity contribution in [2.45, 2.75) is 44.6 Å². The van der Waals surface area contributed by atoms with Gasteiger partial charge in [0.25, 0.3) is 0 Å². The van der Waals surface area contributed by atoms with Crippen molar-refractivity contribution in [3.05, 3.63) is 35.4 Å². The Balaban J connectivity index is 1.64. The summed E-state index contributed by atoms with van der Waals surface area (Å²) in [5.41, 5.74) is 1.43. The van der Waals surface area contributed by atoms with Crippen LogP contribution in [0.15, 0.2) is 23.8 Å².